The number of nitrogens with zero attached hydrogens (tertiary/aromatic N) is 2. The fraction of sp³-hybridized carbons (Fsp3) is 0.800. The average Bonchev–Trinajstić information content (AvgIpc) is 2.28. The summed E-state index contributed by atoms with van der Waals surface area (Å²) in [6, 6.07) is -0.0333. The Bertz CT molecular complexity index is 260. The number of hydrogen-bond donors (Lipinski definition) is 3. The van der Waals surface area contributed by atoms with Gasteiger partial charge < -0.3 is 16.0 Å². The Morgan fingerprint density at radius 1 is 1.44 bits per heavy atom. The van der Waals surface area contributed by atoms with Crippen molar-refractivity contribution in [1.82, 2.24) is 15.1 Å². The van der Waals surface area contributed by atoms with E-state index in [9.17, 15) is 4.79 Å². The molecule has 2 amide bonds. The third-order valence-electron chi connectivity index (χ3n) is 2.93. The number of nitrogens with two attached hydrogens (primary N) is 1. The van der Waals surface area contributed by atoms with Crippen molar-refractivity contribution in [2.24, 2.45) is 5.73 Å². The van der Waals surface area contributed by atoms with Crippen LogP contribution in [0.4, 0.5) is 4.79 Å². The van der Waals surface area contributed by atoms with Gasteiger partial charge in [0.1, 0.15) is 5.84 Å². The molecule has 1 aliphatic rings. The molecule has 1 heterocycles. The van der Waals surface area contributed by atoms with Crippen LogP contribution in [0.3, 0.4) is 0 Å². The van der Waals surface area contributed by atoms with Crippen molar-refractivity contribution in [3.8, 4) is 0 Å². The summed E-state index contributed by atoms with van der Waals surface area (Å²) in [5, 5.41) is 10.2. The second-order valence-corrected chi connectivity index (χ2v) is 3.99. The fourth-order valence-electron chi connectivity index (χ4n) is 1.77. The Morgan fingerprint density at radius 3 is 2.44 bits per heavy atom. The summed E-state index contributed by atoms with van der Waals surface area (Å²) in [7, 11) is 0. The van der Waals surface area contributed by atoms with Crippen LogP contribution in [0.5, 0.6) is 0 Å². The molecule has 4 N–H and O–H groups in total. The molecule has 0 aliphatic carbocycles. The Kier molecular flexibility index (Phi) is 4.54. The zero-order valence-electron chi connectivity index (χ0n) is 9.99. The van der Waals surface area contributed by atoms with E-state index in [1.54, 1.807) is 4.90 Å². The van der Waals surface area contributed by atoms with Gasteiger partial charge >= 0.3 is 6.03 Å². The molecule has 16 heavy (non-hydrogen) atoms. The number of carbonyl (C=O) groups excluding carboxylic acids is 1. The first-order chi connectivity index (χ1) is 7.56. The van der Waals surface area contributed by atoms with Crippen molar-refractivity contribution in [2.75, 3.05) is 32.7 Å². The molecule has 0 aromatic rings. The topological polar surface area (TPSA) is 85.5 Å². The average molecular weight is 227 g/mol. The first-order valence-electron chi connectivity index (χ1n) is 5.67. The highest BCUT2D eigenvalue weighted by molar-refractivity contribution is 5.82. The van der Waals surface area contributed by atoms with Crippen molar-refractivity contribution >= 4 is 11.9 Å². The zero-order valence-corrected chi connectivity index (χ0v) is 9.99. The molecule has 0 aromatic carbocycles. The third kappa shape index (κ3) is 3.10. The predicted molar refractivity (Wildman–Crippen MR) is 63.6 cm³/mol. The number of piperazine rings is 1. The minimum Gasteiger partial charge on any atom is -0.386 e. The van der Waals surface area contributed by atoms with Gasteiger partial charge in [-0.2, -0.15) is 0 Å². The largest absolute Gasteiger partial charge is 0.386 e. The summed E-state index contributed by atoms with van der Waals surface area (Å²) in [5.41, 5.74) is 5.46. The van der Waals surface area contributed by atoms with Gasteiger partial charge in [0.05, 0.1) is 6.04 Å². The molecular formula is C10H21N5O. The van der Waals surface area contributed by atoms with E-state index >= 15 is 0 Å². The second kappa shape index (κ2) is 5.69. The maximum atomic E-state index is 11.5. The van der Waals surface area contributed by atoms with Gasteiger partial charge in [-0.25, -0.2) is 4.79 Å². The smallest absolute Gasteiger partial charge is 0.317 e. The summed E-state index contributed by atoms with van der Waals surface area (Å²) in [4.78, 5) is 15.5. The Balaban J connectivity index is 2.39. The number of rotatable bonds is 3. The maximum absolute atomic E-state index is 11.5. The van der Waals surface area contributed by atoms with E-state index in [1.165, 1.54) is 0 Å². The lowest BCUT2D eigenvalue weighted by molar-refractivity contribution is 0.131. The molecule has 0 saturated carbocycles. The lowest BCUT2D eigenvalue weighted by Crippen LogP contribution is -2.55. The van der Waals surface area contributed by atoms with Crippen LogP contribution >= 0.6 is 0 Å². The molecule has 0 spiro atoms. The lowest BCUT2D eigenvalue weighted by atomic mass is 10.2. The molecule has 1 rings (SSSR count). The van der Waals surface area contributed by atoms with Gasteiger partial charge in [0.25, 0.3) is 0 Å². The van der Waals surface area contributed by atoms with Crippen LogP contribution < -0.4 is 11.1 Å². The Hall–Kier alpha value is -1.30. The SMILES string of the molecule is CCNC(=O)N1CCN(C(C)C(=N)N)CC1. The zero-order chi connectivity index (χ0) is 12.1. The summed E-state index contributed by atoms with van der Waals surface area (Å²) < 4.78 is 0. The highest BCUT2D eigenvalue weighted by atomic mass is 16.2. The summed E-state index contributed by atoms with van der Waals surface area (Å²) in [6.07, 6.45) is 0. The van der Waals surface area contributed by atoms with Gasteiger partial charge in [0.15, 0.2) is 0 Å². The van der Waals surface area contributed by atoms with Crippen LogP contribution in [0, 0.1) is 5.41 Å². The van der Waals surface area contributed by atoms with Gasteiger partial charge in [0, 0.05) is 32.7 Å². The molecule has 6 nitrogen and oxygen atoms in total. The van der Waals surface area contributed by atoms with Crippen molar-refractivity contribution in [3.63, 3.8) is 0 Å². The third-order valence-corrected chi connectivity index (χ3v) is 2.93. The second-order valence-electron chi connectivity index (χ2n) is 3.99. The molecule has 1 saturated heterocycles. The predicted octanol–water partition coefficient (Wildman–Crippen LogP) is -0.342. The van der Waals surface area contributed by atoms with Crippen molar-refractivity contribution in [1.29, 1.82) is 5.41 Å². The quantitative estimate of drug-likeness (QED) is 0.455. The molecule has 92 valence electrons. The Labute approximate surface area is 96.3 Å². The van der Waals surface area contributed by atoms with Gasteiger partial charge in [-0.1, -0.05) is 0 Å². The van der Waals surface area contributed by atoms with E-state index in [-0.39, 0.29) is 17.9 Å². The van der Waals surface area contributed by atoms with E-state index in [2.05, 4.69) is 10.2 Å². The van der Waals surface area contributed by atoms with E-state index < -0.39 is 0 Å². The first kappa shape index (κ1) is 12.8. The molecule has 1 fully saturated rings. The highest BCUT2D eigenvalue weighted by Gasteiger charge is 2.24. The first-order valence-corrected chi connectivity index (χ1v) is 5.67. The van der Waals surface area contributed by atoms with Gasteiger partial charge in [-0.15, -0.1) is 0 Å². The fourth-order valence-corrected chi connectivity index (χ4v) is 1.77. The van der Waals surface area contributed by atoms with Gasteiger partial charge in [0.2, 0.25) is 0 Å². The van der Waals surface area contributed by atoms with Crippen LogP contribution in [-0.2, 0) is 0 Å². The highest BCUT2D eigenvalue weighted by Crippen LogP contribution is 2.06. The number of carbonyl (C=O) groups is 1. The summed E-state index contributed by atoms with van der Waals surface area (Å²) in [6.45, 7) is 7.43. The monoisotopic (exact) mass is 227 g/mol. The van der Waals surface area contributed by atoms with Crippen molar-refractivity contribution < 1.29 is 4.79 Å². The van der Waals surface area contributed by atoms with E-state index in [1.807, 2.05) is 13.8 Å². The molecular weight excluding hydrogens is 206 g/mol. The summed E-state index contributed by atoms with van der Waals surface area (Å²) >= 11 is 0. The van der Waals surface area contributed by atoms with Crippen LogP contribution in [0.1, 0.15) is 13.8 Å². The minimum atomic E-state index is -0.0311. The van der Waals surface area contributed by atoms with E-state index in [0.717, 1.165) is 13.1 Å². The van der Waals surface area contributed by atoms with Crippen molar-refractivity contribution in [2.45, 2.75) is 19.9 Å². The van der Waals surface area contributed by atoms with Crippen LogP contribution in [0.25, 0.3) is 0 Å². The van der Waals surface area contributed by atoms with E-state index in [0.29, 0.717) is 19.6 Å². The van der Waals surface area contributed by atoms with Crippen molar-refractivity contribution in [3.05, 3.63) is 0 Å². The number of nitrogens with one attached hydrogen (secondary N) is 2. The summed E-state index contributed by atoms with van der Waals surface area (Å²) in [5.74, 6) is 0.187. The van der Waals surface area contributed by atoms with Gasteiger partial charge in [-0.3, -0.25) is 10.3 Å². The maximum Gasteiger partial charge on any atom is 0.317 e. The molecule has 0 bridgehead atoms. The number of hydrogen-bond acceptors (Lipinski definition) is 3. The molecule has 1 unspecified atom stereocenters. The van der Waals surface area contributed by atoms with Crippen LogP contribution in [0.2, 0.25) is 0 Å². The van der Waals surface area contributed by atoms with E-state index in [4.69, 9.17) is 11.1 Å². The van der Waals surface area contributed by atoms with Crippen LogP contribution in [-0.4, -0.2) is 60.4 Å². The molecule has 1 atom stereocenters. The lowest BCUT2D eigenvalue weighted by Gasteiger charge is -2.37. The number of urea groups is 1. The number of amidine groups is 1. The Morgan fingerprint density at radius 2 is 2.00 bits per heavy atom. The molecule has 1 aliphatic heterocycles. The standard InChI is InChI=1S/C10H21N5O/c1-3-13-10(16)15-6-4-14(5-7-15)8(2)9(11)12/h8H,3-7H2,1-2H3,(H3,11,12)(H,13,16). The van der Waals surface area contributed by atoms with Crippen LogP contribution in [0.15, 0.2) is 0 Å². The van der Waals surface area contributed by atoms with Gasteiger partial charge in [-0.05, 0) is 13.8 Å². The molecule has 0 aromatic heterocycles. The number of amides is 2. The molecule has 6 heteroatoms. The molecule has 0 radical (unpaired) electrons. The normalized spacial score (nSPS) is 19.2. The minimum absolute atomic E-state index is 0.00220.